The van der Waals surface area contributed by atoms with Crippen LogP contribution in [0.2, 0.25) is 0 Å². The molecule has 1 atom stereocenters. The van der Waals surface area contributed by atoms with Crippen LogP contribution in [-0.4, -0.2) is 25.0 Å². The SMILES string of the molecule is O=C(NCc1cc(Br)ccc1OC(F)F)C1CC(=O)N(c2ccc(F)cc2F)C1. The molecule has 2 aromatic carbocycles. The fourth-order valence-corrected chi connectivity index (χ4v) is 3.45. The lowest BCUT2D eigenvalue weighted by Crippen LogP contribution is -2.33. The maximum atomic E-state index is 13.9. The quantitative estimate of drug-likeness (QED) is 0.643. The number of hydrogen-bond acceptors (Lipinski definition) is 3. The summed E-state index contributed by atoms with van der Waals surface area (Å²) < 4.78 is 57.1. The third-order valence-electron chi connectivity index (χ3n) is 4.39. The number of anilines is 1. The summed E-state index contributed by atoms with van der Waals surface area (Å²) in [5.74, 6) is -3.49. The molecule has 0 radical (unpaired) electrons. The van der Waals surface area contributed by atoms with Crippen LogP contribution in [0, 0.1) is 17.6 Å². The Hall–Kier alpha value is -2.62. The van der Waals surface area contributed by atoms with E-state index in [1.54, 1.807) is 0 Å². The molecule has 0 spiro atoms. The van der Waals surface area contributed by atoms with Gasteiger partial charge in [-0.05, 0) is 30.3 Å². The average Bonchev–Trinajstić information content (AvgIpc) is 3.03. The van der Waals surface area contributed by atoms with Gasteiger partial charge in [-0.1, -0.05) is 15.9 Å². The molecule has 0 saturated carbocycles. The molecule has 1 saturated heterocycles. The van der Waals surface area contributed by atoms with Gasteiger partial charge in [0.2, 0.25) is 11.8 Å². The molecule has 3 rings (SSSR count). The second kappa shape index (κ2) is 8.81. The molecule has 0 aromatic heterocycles. The van der Waals surface area contributed by atoms with Crippen LogP contribution in [0.1, 0.15) is 12.0 Å². The van der Waals surface area contributed by atoms with Gasteiger partial charge in [-0.15, -0.1) is 0 Å². The van der Waals surface area contributed by atoms with Crippen LogP contribution in [-0.2, 0) is 16.1 Å². The number of carbonyl (C=O) groups is 2. The summed E-state index contributed by atoms with van der Waals surface area (Å²) in [6.45, 7) is -3.19. The van der Waals surface area contributed by atoms with Crippen molar-refractivity contribution in [3.63, 3.8) is 0 Å². The summed E-state index contributed by atoms with van der Waals surface area (Å²) >= 11 is 3.22. The summed E-state index contributed by atoms with van der Waals surface area (Å²) in [6, 6.07) is 7.21. The Morgan fingerprint density at radius 1 is 1.24 bits per heavy atom. The molecule has 0 bridgehead atoms. The number of amides is 2. The van der Waals surface area contributed by atoms with E-state index in [1.165, 1.54) is 18.2 Å². The van der Waals surface area contributed by atoms with Crippen molar-refractivity contribution in [2.24, 2.45) is 5.92 Å². The van der Waals surface area contributed by atoms with Gasteiger partial charge >= 0.3 is 6.61 Å². The van der Waals surface area contributed by atoms with E-state index < -0.39 is 36.0 Å². The predicted molar refractivity (Wildman–Crippen MR) is 99.4 cm³/mol. The van der Waals surface area contributed by atoms with E-state index in [9.17, 15) is 27.2 Å². The van der Waals surface area contributed by atoms with Crippen molar-refractivity contribution >= 4 is 33.4 Å². The van der Waals surface area contributed by atoms with Gasteiger partial charge in [0.15, 0.2) is 0 Å². The normalized spacial score (nSPS) is 16.4. The number of nitrogens with one attached hydrogen (secondary N) is 1. The van der Waals surface area contributed by atoms with Crippen molar-refractivity contribution < 1.29 is 31.9 Å². The van der Waals surface area contributed by atoms with E-state index in [0.717, 1.165) is 17.0 Å². The van der Waals surface area contributed by atoms with Crippen LogP contribution in [0.4, 0.5) is 23.2 Å². The summed E-state index contributed by atoms with van der Waals surface area (Å²) in [7, 11) is 0. The van der Waals surface area contributed by atoms with E-state index in [2.05, 4.69) is 26.0 Å². The maximum absolute atomic E-state index is 13.9. The lowest BCUT2D eigenvalue weighted by atomic mass is 10.1. The molecule has 5 nitrogen and oxygen atoms in total. The molecule has 0 aliphatic carbocycles. The minimum absolute atomic E-state index is 0.0773. The highest BCUT2D eigenvalue weighted by molar-refractivity contribution is 9.10. The first-order chi connectivity index (χ1) is 13.7. The highest BCUT2D eigenvalue weighted by Crippen LogP contribution is 2.29. The number of hydrogen-bond donors (Lipinski definition) is 1. The molecule has 2 amide bonds. The Bertz CT molecular complexity index is 942. The van der Waals surface area contributed by atoms with Gasteiger partial charge in [0, 0.05) is 35.6 Å². The molecule has 29 heavy (non-hydrogen) atoms. The number of rotatable bonds is 6. The molecule has 10 heteroatoms. The van der Waals surface area contributed by atoms with E-state index in [0.29, 0.717) is 16.1 Å². The molecule has 1 heterocycles. The van der Waals surface area contributed by atoms with Crippen molar-refractivity contribution in [1.29, 1.82) is 0 Å². The summed E-state index contributed by atoms with van der Waals surface area (Å²) in [5, 5.41) is 2.58. The minimum Gasteiger partial charge on any atom is -0.434 e. The van der Waals surface area contributed by atoms with Crippen LogP contribution < -0.4 is 15.0 Å². The third-order valence-corrected chi connectivity index (χ3v) is 4.88. The number of ether oxygens (including phenoxy) is 1. The van der Waals surface area contributed by atoms with Crippen LogP contribution in [0.25, 0.3) is 0 Å². The number of benzene rings is 2. The lowest BCUT2D eigenvalue weighted by Gasteiger charge is -2.17. The molecular formula is C19H15BrF4N2O3. The summed E-state index contributed by atoms with van der Waals surface area (Å²) in [5.41, 5.74) is 0.213. The standard InChI is InChI=1S/C19H15BrF4N2O3/c20-12-1-4-16(29-19(23)24)10(5-12)8-25-18(28)11-6-17(27)26(9-11)15-3-2-13(21)7-14(15)22/h1-5,7,11,19H,6,8-9H2,(H,25,28). The number of nitrogens with zero attached hydrogens (tertiary/aromatic N) is 1. The van der Waals surface area contributed by atoms with Crippen molar-refractivity contribution in [2.45, 2.75) is 19.6 Å². The first kappa shape index (κ1) is 21.1. The smallest absolute Gasteiger partial charge is 0.387 e. The second-order valence-corrected chi connectivity index (χ2v) is 7.27. The highest BCUT2D eigenvalue weighted by Gasteiger charge is 2.36. The number of halogens is 5. The van der Waals surface area contributed by atoms with Gasteiger partial charge < -0.3 is 15.0 Å². The maximum Gasteiger partial charge on any atom is 0.387 e. The molecule has 1 unspecified atom stereocenters. The van der Waals surface area contributed by atoms with Crippen LogP contribution in [0.15, 0.2) is 40.9 Å². The minimum atomic E-state index is -3.02. The molecule has 1 fully saturated rings. The van der Waals surface area contributed by atoms with Crippen molar-refractivity contribution in [2.75, 3.05) is 11.4 Å². The van der Waals surface area contributed by atoms with Gasteiger partial charge in [-0.25, -0.2) is 8.78 Å². The molecule has 1 aliphatic rings. The van der Waals surface area contributed by atoms with Crippen molar-refractivity contribution in [1.82, 2.24) is 5.32 Å². The third kappa shape index (κ3) is 5.06. The Morgan fingerprint density at radius 3 is 2.69 bits per heavy atom. The van der Waals surface area contributed by atoms with Crippen molar-refractivity contribution in [3.8, 4) is 5.75 Å². The molecular weight excluding hydrogens is 460 g/mol. The van der Waals surface area contributed by atoms with Crippen LogP contribution >= 0.6 is 15.9 Å². The Balaban J connectivity index is 1.67. The fraction of sp³-hybridized carbons (Fsp3) is 0.263. The highest BCUT2D eigenvalue weighted by atomic mass is 79.9. The fourth-order valence-electron chi connectivity index (χ4n) is 3.04. The lowest BCUT2D eigenvalue weighted by molar-refractivity contribution is -0.126. The number of alkyl halides is 2. The second-order valence-electron chi connectivity index (χ2n) is 6.35. The van der Waals surface area contributed by atoms with Gasteiger partial charge in [0.25, 0.3) is 0 Å². The summed E-state index contributed by atoms with van der Waals surface area (Å²) in [6.07, 6.45) is -0.151. The van der Waals surface area contributed by atoms with Crippen LogP contribution in [0.3, 0.4) is 0 Å². The first-order valence-electron chi connectivity index (χ1n) is 8.51. The molecule has 1 N–H and O–H groups in total. The summed E-state index contributed by atoms with van der Waals surface area (Å²) in [4.78, 5) is 25.7. The molecule has 154 valence electrons. The van der Waals surface area contributed by atoms with E-state index in [-0.39, 0.29) is 30.9 Å². The van der Waals surface area contributed by atoms with Gasteiger partial charge in [-0.3, -0.25) is 9.59 Å². The van der Waals surface area contributed by atoms with Gasteiger partial charge in [-0.2, -0.15) is 8.78 Å². The van der Waals surface area contributed by atoms with Crippen molar-refractivity contribution in [3.05, 3.63) is 58.1 Å². The molecule has 1 aliphatic heterocycles. The Kier molecular flexibility index (Phi) is 6.41. The van der Waals surface area contributed by atoms with Crippen LogP contribution in [0.5, 0.6) is 5.75 Å². The predicted octanol–water partition coefficient (Wildman–Crippen LogP) is 4.00. The Morgan fingerprint density at radius 2 is 2.00 bits per heavy atom. The van der Waals surface area contributed by atoms with E-state index >= 15 is 0 Å². The first-order valence-corrected chi connectivity index (χ1v) is 9.30. The van der Waals surface area contributed by atoms with E-state index in [4.69, 9.17) is 0 Å². The monoisotopic (exact) mass is 474 g/mol. The molecule has 2 aromatic rings. The largest absolute Gasteiger partial charge is 0.434 e. The zero-order valence-corrected chi connectivity index (χ0v) is 16.4. The topological polar surface area (TPSA) is 58.6 Å². The average molecular weight is 475 g/mol. The van der Waals surface area contributed by atoms with Gasteiger partial charge in [0.1, 0.15) is 17.4 Å². The zero-order valence-electron chi connectivity index (χ0n) is 14.8. The Labute approximate surface area is 171 Å². The van der Waals surface area contributed by atoms with E-state index in [1.807, 2.05) is 0 Å². The number of carbonyl (C=O) groups excluding carboxylic acids is 2. The van der Waals surface area contributed by atoms with Gasteiger partial charge in [0.05, 0.1) is 11.6 Å². The zero-order chi connectivity index (χ0) is 21.1.